The van der Waals surface area contributed by atoms with E-state index in [-0.39, 0.29) is 12.1 Å². The summed E-state index contributed by atoms with van der Waals surface area (Å²) in [5.41, 5.74) is -3.12. The Morgan fingerprint density at radius 2 is 1.49 bits per heavy atom. The third-order valence-electron chi connectivity index (χ3n) is 5.93. The Morgan fingerprint density at radius 1 is 0.886 bits per heavy atom. The molecule has 1 aliphatic rings. The highest BCUT2D eigenvalue weighted by Crippen LogP contribution is 2.36. The number of aromatic nitrogens is 1. The lowest BCUT2D eigenvalue weighted by Gasteiger charge is -2.33. The number of halogens is 7. The first-order valence-electron chi connectivity index (χ1n) is 10.8. The molecular formula is C24H20ClF6N3O. The lowest BCUT2D eigenvalue weighted by molar-refractivity contribution is -0.143. The van der Waals surface area contributed by atoms with E-state index in [9.17, 15) is 31.1 Å². The number of nitrogens with zero attached hydrogens (tertiary/aromatic N) is 1. The van der Waals surface area contributed by atoms with Crippen LogP contribution in [0.25, 0.3) is 10.9 Å². The van der Waals surface area contributed by atoms with Crippen molar-refractivity contribution < 1.29 is 31.1 Å². The van der Waals surface area contributed by atoms with Crippen LogP contribution >= 0.6 is 11.6 Å². The van der Waals surface area contributed by atoms with Crippen molar-refractivity contribution >= 4 is 34.2 Å². The molecule has 186 valence electrons. The Hall–Kier alpha value is -3.01. The van der Waals surface area contributed by atoms with E-state index in [1.807, 2.05) is 18.2 Å². The number of hydrogen-bond acceptors (Lipinski definition) is 3. The van der Waals surface area contributed by atoms with Gasteiger partial charge in [0.1, 0.15) is 5.82 Å². The minimum absolute atomic E-state index is 0.00309. The Balaban J connectivity index is 1.57. The Morgan fingerprint density at radius 3 is 2.11 bits per heavy atom. The van der Waals surface area contributed by atoms with Gasteiger partial charge in [-0.3, -0.25) is 4.79 Å². The van der Waals surface area contributed by atoms with E-state index in [2.05, 4.69) is 15.6 Å². The number of benzene rings is 2. The van der Waals surface area contributed by atoms with E-state index >= 15 is 0 Å². The van der Waals surface area contributed by atoms with Crippen LogP contribution in [0.1, 0.15) is 47.2 Å². The van der Waals surface area contributed by atoms with Gasteiger partial charge in [-0.15, -0.1) is 0 Å². The summed E-state index contributed by atoms with van der Waals surface area (Å²) in [6.07, 6.45) is -7.39. The minimum Gasteiger partial charge on any atom is -0.365 e. The maximum absolute atomic E-state index is 13.2. The SMILES string of the molecule is O=C(N[C@@H]1CCCC[C@H]1Nc1cc(Cl)c2ccccc2n1)c1cc(C(F)(F)F)cc(C(F)(F)F)c1. The Bertz CT molecular complexity index is 1210. The molecule has 1 heterocycles. The second-order valence-corrected chi connectivity index (χ2v) is 8.82. The summed E-state index contributed by atoms with van der Waals surface area (Å²) in [7, 11) is 0. The van der Waals surface area contributed by atoms with E-state index in [4.69, 9.17) is 11.6 Å². The fourth-order valence-corrected chi connectivity index (χ4v) is 4.47. The van der Waals surface area contributed by atoms with Crippen molar-refractivity contribution in [3.8, 4) is 0 Å². The first kappa shape index (κ1) is 25.1. The van der Waals surface area contributed by atoms with Gasteiger partial charge in [0.25, 0.3) is 5.91 Å². The van der Waals surface area contributed by atoms with Crippen LogP contribution in [0.4, 0.5) is 32.2 Å². The first-order chi connectivity index (χ1) is 16.4. The molecule has 0 aliphatic heterocycles. The molecule has 4 nitrogen and oxygen atoms in total. The van der Waals surface area contributed by atoms with Crippen LogP contribution in [-0.4, -0.2) is 23.0 Å². The van der Waals surface area contributed by atoms with Crippen molar-refractivity contribution in [3.63, 3.8) is 0 Å². The number of hydrogen-bond donors (Lipinski definition) is 2. The van der Waals surface area contributed by atoms with E-state index in [1.165, 1.54) is 0 Å². The molecule has 0 bridgehead atoms. The van der Waals surface area contributed by atoms with Crippen molar-refractivity contribution in [3.05, 3.63) is 70.2 Å². The number of rotatable bonds is 4. The summed E-state index contributed by atoms with van der Waals surface area (Å²) >= 11 is 6.35. The molecule has 0 spiro atoms. The molecule has 1 fully saturated rings. The van der Waals surface area contributed by atoms with E-state index in [0.29, 0.717) is 41.3 Å². The fraction of sp³-hybridized carbons (Fsp3) is 0.333. The normalized spacial score (nSPS) is 18.9. The van der Waals surface area contributed by atoms with Crippen LogP contribution in [0.15, 0.2) is 48.5 Å². The highest BCUT2D eigenvalue weighted by atomic mass is 35.5. The predicted molar refractivity (Wildman–Crippen MR) is 120 cm³/mol. The summed E-state index contributed by atoms with van der Waals surface area (Å²) in [5.74, 6) is -0.553. The van der Waals surface area contributed by atoms with Crippen molar-refractivity contribution in [2.45, 2.75) is 50.1 Å². The molecule has 11 heteroatoms. The molecule has 2 atom stereocenters. The van der Waals surface area contributed by atoms with Gasteiger partial charge < -0.3 is 10.6 Å². The van der Waals surface area contributed by atoms with Crippen molar-refractivity contribution in [1.29, 1.82) is 0 Å². The molecule has 3 aromatic rings. The molecule has 1 aromatic heterocycles. The molecule has 0 unspecified atom stereocenters. The van der Waals surface area contributed by atoms with E-state index in [0.717, 1.165) is 18.2 Å². The highest BCUT2D eigenvalue weighted by Gasteiger charge is 2.38. The Labute approximate surface area is 201 Å². The number of nitrogens with one attached hydrogen (secondary N) is 2. The number of anilines is 1. The van der Waals surface area contributed by atoms with Crippen molar-refractivity contribution in [1.82, 2.24) is 10.3 Å². The van der Waals surface area contributed by atoms with Crippen LogP contribution in [0.5, 0.6) is 0 Å². The van der Waals surface area contributed by atoms with Gasteiger partial charge in [-0.25, -0.2) is 4.98 Å². The van der Waals surface area contributed by atoms with E-state index < -0.39 is 41.0 Å². The van der Waals surface area contributed by atoms with E-state index in [1.54, 1.807) is 12.1 Å². The fourth-order valence-electron chi connectivity index (χ4n) is 4.21. The number of pyridine rings is 1. The number of para-hydroxylation sites is 1. The molecule has 4 rings (SSSR count). The lowest BCUT2D eigenvalue weighted by atomic mass is 9.90. The average molecular weight is 516 g/mol. The van der Waals surface area contributed by atoms with Gasteiger partial charge in [-0.2, -0.15) is 26.3 Å². The smallest absolute Gasteiger partial charge is 0.365 e. The summed E-state index contributed by atoms with van der Waals surface area (Å²) in [6, 6.07) is 8.87. The number of carbonyl (C=O) groups is 1. The molecule has 35 heavy (non-hydrogen) atoms. The van der Waals surface area contributed by atoms with Gasteiger partial charge in [-0.05, 0) is 43.2 Å². The van der Waals surface area contributed by atoms with Crippen molar-refractivity contribution in [2.24, 2.45) is 0 Å². The molecule has 1 amide bonds. The van der Waals surface area contributed by atoms with Gasteiger partial charge in [0.15, 0.2) is 0 Å². The summed E-state index contributed by atoms with van der Waals surface area (Å²) in [4.78, 5) is 17.3. The number of alkyl halides is 6. The number of fused-ring (bicyclic) bond motifs is 1. The molecule has 2 aromatic carbocycles. The van der Waals surface area contributed by atoms with Gasteiger partial charge in [-0.1, -0.05) is 42.6 Å². The predicted octanol–water partition coefficient (Wildman–Crippen LogP) is 7.08. The molecule has 1 aliphatic carbocycles. The zero-order chi connectivity index (χ0) is 25.4. The molecule has 2 N–H and O–H groups in total. The monoisotopic (exact) mass is 515 g/mol. The van der Waals surface area contributed by atoms with Gasteiger partial charge >= 0.3 is 12.4 Å². The average Bonchev–Trinajstić information content (AvgIpc) is 2.79. The maximum atomic E-state index is 13.2. The summed E-state index contributed by atoms with van der Waals surface area (Å²) in [5, 5.41) is 7.07. The minimum atomic E-state index is -5.04. The highest BCUT2D eigenvalue weighted by molar-refractivity contribution is 6.35. The zero-order valence-electron chi connectivity index (χ0n) is 18.1. The topological polar surface area (TPSA) is 54.0 Å². The zero-order valence-corrected chi connectivity index (χ0v) is 18.9. The second-order valence-electron chi connectivity index (χ2n) is 8.42. The van der Waals surface area contributed by atoms with Gasteiger partial charge in [0.05, 0.1) is 21.7 Å². The summed E-state index contributed by atoms with van der Waals surface area (Å²) < 4.78 is 79.1. The quantitative estimate of drug-likeness (QED) is 0.365. The lowest BCUT2D eigenvalue weighted by Crippen LogP contribution is -2.48. The maximum Gasteiger partial charge on any atom is 0.416 e. The molecule has 0 saturated heterocycles. The van der Waals surface area contributed by atoms with Crippen LogP contribution in [0, 0.1) is 0 Å². The molecule has 1 saturated carbocycles. The van der Waals surface area contributed by atoms with Crippen LogP contribution in [-0.2, 0) is 12.4 Å². The summed E-state index contributed by atoms with van der Waals surface area (Å²) in [6.45, 7) is 0. The number of carbonyl (C=O) groups excluding carboxylic acids is 1. The van der Waals surface area contributed by atoms with Crippen molar-refractivity contribution in [2.75, 3.05) is 5.32 Å². The van der Waals surface area contributed by atoms with Gasteiger partial charge in [0.2, 0.25) is 0 Å². The Kier molecular flexibility index (Phi) is 6.86. The largest absolute Gasteiger partial charge is 0.416 e. The van der Waals surface area contributed by atoms with Crippen LogP contribution in [0.3, 0.4) is 0 Å². The van der Waals surface area contributed by atoms with Crippen LogP contribution < -0.4 is 10.6 Å². The standard InChI is InChI=1S/C24H20ClF6N3O/c25-17-12-21(32-18-6-2-1-5-16(17)18)33-19-7-3-4-8-20(19)34-22(35)13-9-14(23(26,27)28)11-15(10-13)24(29,30)31/h1-2,5-6,9-12,19-20H,3-4,7-8H2,(H,32,33)(H,34,35)/t19-,20-/m1/s1. The second kappa shape index (κ2) is 9.56. The van der Waals surface area contributed by atoms with Gasteiger partial charge in [0, 0.05) is 23.0 Å². The van der Waals surface area contributed by atoms with Crippen LogP contribution in [0.2, 0.25) is 5.02 Å². The first-order valence-corrected chi connectivity index (χ1v) is 11.2. The molecule has 0 radical (unpaired) electrons. The third kappa shape index (κ3) is 5.80. The third-order valence-corrected chi connectivity index (χ3v) is 6.24. The molecular weight excluding hydrogens is 496 g/mol. The number of amides is 1.